The van der Waals surface area contributed by atoms with Crippen molar-refractivity contribution in [2.45, 2.75) is 99.7 Å². The van der Waals surface area contributed by atoms with Crippen molar-refractivity contribution in [3.05, 3.63) is 24.3 Å². The van der Waals surface area contributed by atoms with Crippen LogP contribution in [0.15, 0.2) is 24.3 Å². The lowest BCUT2D eigenvalue weighted by Gasteiger charge is -2.16. The molecule has 2 rings (SSSR count). The highest BCUT2D eigenvalue weighted by molar-refractivity contribution is 5.01. The van der Waals surface area contributed by atoms with Crippen LogP contribution in [0.1, 0.15) is 87.5 Å². The molecule has 2 saturated heterocycles. The molecule has 0 saturated carbocycles. The van der Waals surface area contributed by atoms with E-state index in [2.05, 4.69) is 46.8 Å². The fourth-order valence-corrected chi connectivity index (χ4v) is 2.24. The van der Waals surface area contributed by atoms with Gasteiger partial charge >= 0.3 is 0 Å². The lowest BCUT2D eigenvalue weighted by Crippen LogP contribution is -2.13. The van der Waals surface area contributed by atoms with Gasteiger partial charge in [-0.05, 0) is 44.9 Å². The molecule has 2 heterocycles. The van der Waals surface area contributed by atoms with Gasteiger partial charge in [0.25, 0.3) is 0 Å². The van der Waals surface area contributed by atoms with E-state index in [-0.39, 0.29) is 0 Å². The average molecular weight is 387 g/mol. The highest BCUT2D eigenvalue weighted by Crippen LogP contribution is 2.25. The molecule has 0 amide bonds. The van der Waals surface area contributed by atoms with Crippen LogP contribution in [0, 0.1) is 11.8 Å². The standard InChI is InChI=1S/C8H14.C7H14O.C6H12O.C2H6.CH4O/c1-4-5-6-7-8(2)3;1-3-4-5-7-6(2)8-7;1-6-3-2-4-7-5-6;2*1-2/h4-8H,1-3H3;6-7H,3-5H2,1-2H3;6H,2-5H2,1H3;1-2H3;2H,1H3/b5-4-,7-6+;;;;. The third-order valence-corrected chi connectivity index (χ3v) is 3.87. The maximum absolute atomic E-state index is 7.00. The number of epoxide rings is 1. The van der Waals surface area contributed by atoms with E-state index in [0.29, 0.717) is 18.1 Å². The van der Waals surface area contributed by atoms with E-state index in [9.17, 15) is 0 Å². The molecular weight excluding hydrogens is 336 g/mol. The predicted molar refractivity (Wildman–Crippen MR) is 121 cm³/mol. The average Bonchev–Trinajstić information content (AvgIpc) is 3.40. The maximum atomic E-state index is 7.00. The molecule has 0 aromatic carbocycles. The lowest BCUT2D eigenvalue weighted by atomic mass is 10.1. The highest BCUT2D eigenvalue weighted by Gasteiger charge is 2.32. The fourth-order valence-electron chi connectivity index (χ4n) is 2.24. The summed E-state index contributed by atoms with van der Waals surface area (Å²) in [4.78, 5) is 0. The topological polar surface area (TPSA) is 42.0 Å². The number of allylic oxidation sites excluding steroid dienone is 4. The Labute approximate surface area is 171 Å². The van der Waals surface area contributed by atoms with Crippen LogP contribution >= 0.6 is 0 Å². The maximum Gasteiger partial charge on any atom is 0.0839 e. The number of unbranched alkanes of at least 4 members (excludes halogenated alkanes) is 1. The first-order valence-corrected chi connectivity index (χ1v) is 11.0. The zero-order valence-corrected chi connectivity index (χ0v) is 19.8. The summed E-state index contributed by atoms with van der Waals surface area (Å²) in [6.07, 6.45) is 16.0. The Morgan fingerprint density at radius 3 is 2.00 bits per heavy atom. The molecule has 3 unspecified atom stereocenters. The van der Waals surface area contributed by atoms with Crippen molar-refractivity contribution in [1.29, 1.82) is 0 Å². The molecule has 0 aliphatic carbocycles. The van der Waals surface area contributed by atoms with E-state index in [1.54, 1.807) is 0 Å². The van der Waals surface area contributed by atoms with E-state index in [1.165, 1.54) is 32.1 Å². The molecule has 0 radical (unpaired) electrons. The van der Waals surface area contributed by atoms with Crippen molar-refractivity contribution in [3.8, 4) is 0 Å². The second kappa shape index (κ2) is 25.4. The Hall–Kier alpha value is -0.640. The van der Waals surface area contributed by atoms with Gasteiger partial charge in [0, 0.05) is 20.3 Å². The van der Waals surface area contributed by atoms with E-state index >= 15 is 0 Å². The van der Waals surface area contributed by atoms with Gasteiger partial charge in [0.1, 0.15) is 0 Å². The molecule has 3 nitrogen and oxygen atoms in total. The first-order chi connectivity index (χ1) is 13.0. The number of aliphatic hydroxyl groups is 1. The first kappa shape index (κ1) is 31.1. The van der Waals surface area contributed by atoms with Crippen molar-refractivity contribution >= 4 is 0 Å². The number of hydrogen-bond acceptors (Lipinski definition) is 3. The van der Waals surface area contributed by atoms with Gasteiger partial charge in [0.05, 0.1) is 12.2 Å². The van der Waals surface area contributed by atoms with E-state index in [1.807, 2.05) is 32.9 Å². The second-order valence-corrected chi connectivity index (χ2v) is 7.00. The molecule has 164 valence electrons. The first-order valence-electron chi connectivity index (χ1n) is 11.0. The van der Waals surface area contributed by atoms with Crippen LogP contribution in [0.25, 0.3) is 0 Å². The highest BCUT2D eigenvalue weighted by atomic mass is 16.6. The summed E-state index contributed by atoms with van der Waals surface area (Å²) in [5.41, 5.74) is 0. The van der Waals surface area contributed by atoms with Crippen molar-refractivity contribution in [2.75, 3.05) is 20.3 Å². The van der Waals surface area contributed by atoms with Crippen LogP contribution in [0.5, 0.6) is 0 Å². The normalized spacial score (nSPS) is 23.1. The Bertz CT molecular complexity index is 305. The van der Waals surface area contributed by atoms with Gasteiger partial charge in [-0.15, -0.1) is 0 Å². The zero-order valence-electron chi connectivity index (χ0n) is 19.8. The SMILES string of the molecule is C/C=C\C=C\C(C)C.CC.CC1CCCOC1.CCCCC1OC1C.CO. The summed E-state index contributed by atoms with van der Waals surface area (Å²) in [5, 5.41) is 7.00. The molecule has 0 aromatic rings. The van der Waals surface area contributed by atoms with E-state index in [0.717, 1.165) is 26.2 Å². The zero-order chi connectivity index (χ0) is 21.5. The molecule has 0 spiro atoms. The van der Waals surface area contributed by atoms with Gasteiger partial charge in [-0.3, -0.25) is 0 Å². The lowest BCUT2D eigenvalue weighted by molar-refractivity contribution is 0.0616. The molecule has 27 heavy (non-hydrogen) atoms. The second-order valence-electron chi connectivity index (χ2n) is 7.00. The van der Waals surface area contributed by atoms with Crippen molar-refractivity contribution < 1.29 is 14.6 Å². The van der Waals surface area contributed by atoms with Crippen LogP contribution in [0.3, 0.4) is 0 Å². The molecular formula is C24H50O3. The Kier molecular flexibility index (Phi) is 29.2. The smallest absolute Gasteiger partial charge is 0.0839 e. The minimum absolute atomic E-state index is 0.571. The van der Waals surface area contributed by atoms with Gasteiger partial charge in [-0.2, -0.15) is 0 Å². The minimum atomic E-state index is 0.571. The summed E-state index contributed by atoms with van der Waals surface area (Å²) in [6.45, 7) is 18.9. The van der Waals surface area contributed by atoms with E-state index < -0.39 is 0 Å². The van der Waals surface area contributed by atoms with Crippen LogP contribution in [-0.4, -0.2) is 37.6 Å². The number of hydrogen-bond donors (Lipinski definition) is 1. The quantitative estimate of drug-likeness (QED) is 0.417. The summed E-state index contributed by atoms with van der Waals surface area (Å²) in [6, 6.07) is 0. The summed E-state index contributed by atoms with van der Waals surface area (Å²) < 4.78 is 10.4. The summed E-state index contributed by atoms with van der Waals surface area (Å²) in [5.74, 6) is 1.49. The van der Waals surface area contributed by atoms with Crippen molar-refractivity contribution in [3.63, 3.8) is 0 Å². The van der Waals surface area contributed by atoms with Gasteiger partial charge < -0.3 is 14.6 Å². The van der Waals surface area contributed by atoms with Crippen LogP contribution in [-0.2, 0) is 9.47 Å². The van der Waals surface area contributed by atoms with Crippen LogP contribution < -0.4 is 0 Å². The number of rotatable bonds is 5. The number of aliphatic hydroxyl groups excluding tert-OH is 1. The molecule has 2 aliphatic heterocycles. The Balaban J connectivity index is -0.000000293. The van der Waals surface area contributed by atoms with Gasteiger partial charge in [-0.1, -0.05) is 78.7 Å². The van der Waals surface area contributed by atoms with Crippen LogP contribution in [0.4, 0.5) is 0 Å². The van der Waals surface area contributed by atoms with Gasteiger partial charge in [-0.25, -0.2) is 0 Å². The number of ether oxygens (including phenoxy) is 2. The minimum Gasteiger partial charge on any atom is -0.400 e. The Morgan fingerprint density at radius 1 is 1.11 bits per heavy atom. The molecule has 2 fully saturated rings. The third kappa shape index (κ3) is 27.7. The monoisotopic (exact) mass is 386 g/mol. The van der Waals surface area contributed by atoms with Gasteiger partial charge in [0.2, 0.25) is 0 Å². The third-order valence-electron chi connectivity index (χ3n) is 3.87. The molecule has 0 aromatic heterocycles. The van der Waals surface area contributed by atoms with Crippen molar-refractivity contribution in [2.24, 2.45) is 11.8 Å². The van der Waals surface area contributed by atoms with Gasteiger partial charge in [0.15, 0.2) is 0 Å². The van der Waals surface area contributed by atoms with Crippen molar-refractivity contribution in [1.82, 2.24) is 0 Å². The Morgan fingerprint density at radius 2 is 1.70 bits per heavy atom. The summed E-state index contributed by atoms with van der Waals surface area (Å²) >= 11 is 0. The fraction of sp³-hybridized carbons (Fsp3) is 0.833. The van der Waals surface area contributed by atoms with E-state index in [4.69, 9.17) is 14.6 Å². The van der Waals surface area contributed by atoms with Crippen LogP contribution in [0.2, 0.25) is 0 Å². The molecule has 3 atom stereocenters. The molecule has 1 N–H and O–H groups in total. The molecule has 0 bridgehead atoms. The summed E-state index contributed by atoms with van der Waals surface area (Å²) in [7, 11) is 1.00. The molecule has 2 aliphatic rings. The molecule has 3 heteroatoms. The predicted octanol–water partition coefficient (Wildman–Crippen LogP) is 6.81. The largest absolute Gasteiger partial charge is 0.400 e.